The second-order valence-corrected chi connectivity index (χ2v) is 6.69. The van der Waals surface area contributed by atoms with Gasteiger partial charge >= 0.3 is 0 Å². The fraction of sp³-hybridized carbons (Fsp3) is 0.611. The Morgan fingerprint density at radius 3 is 2.65 bits per heavy atom. The SMILES string of the molecule is Cc1cc(OCC(=O)N2CC(CN)CC2C)ccc1C(C)C.Cl. The van der Waals surface area contributed by atoms with Crippen LogP contribution in [0.15, 0.2) is 18.2 Å². The quantitative estimate of drug-likeness (QED) is 0.896. The van der Waals surface area contributed by atoms with Gasteiger partial charge in [-0.25, -0.2) is 0 Å². The maximum Gasteiger partial charge on any atom is 0.260 e. The number of halogens is 1. The number of ether oxygens (including phenoxy) is 1. The molecule has 23 heavy (non-hydrogen) atoms. The lowest BCUT2D eigenvalue weighted by atomic mass is 9.98. The summed E-state index contributed by atoms with van der Waals surface area (Å²) in [5.74, 6) is 1.73. The highest BCUT2D eigenvalue weighted by Crippen LogP contribution is 2.25. The highest BCUT2D eigenvalue weighted by atomic mass is 35.5. The Balaban J connectivity index is 0.00000264. The third-order valence-corrected chi connectivity index (χ3v) is 4.54. The molecule has 2 atom stereocenters. The predicted molar refractivity (Wildman–Crippen MR) is 96.3 cm³/mol. The normalized spacial score (nSPS) is 20.5. The molecule has 1 aromatic rings. The number of rotatable bonds is 5. The number of hydrogen-bond donors (Lipinski definition) is 1. The molecule has 4 nitrogen and oxygen atoms in total. The van der Waals surface area contributed by atoms with Crippen LogP contribution in [0.25, 0.3) is 0 Å². The minimum Gasteiger partial charge on any atom is -0.484 e. The Bertz CT molecular complexity index is 534. The Morgan fingerprint density at radius 2 is 2.13 bits per heavy atom. The lowest BCUT2D eigenvalue weighted by Crippen LogP contribution is -2.37. The van der Waals surface area contributed by atoms with Crippen LogP contribution >= 0.6 is 12.4 Å². The lowest BCUT2D eigenvalue weighted by Gasteiger charge is -2.21. The van der Waals surface area contributed by atoms with Crippen LogP contribution in [0.4, 0.5) is 0 Å². The van der Waals surface area contributed by atoms with E-state index < -0.39 is 0 Å². The molecule has 1 aliphatic rings. The van der Waals surface area contributed by atoms with E-state index >= 15 is 0 Å². The summed E-state index contributed by atoms with van der Waals surface area (Å²) in [5, 5.41) is 0. The van der Waals surface area contributed by atoms with Crippen LogP contribution in [0.2, 0.25) is 0 Å². The average Bonchev–Trinajstić information content (AvgIpc) is 2.85. The summed E-state index contributed by atoms with van der Waals surface area (Å²) >= 11 is 0. The van der Waals surface area contributed by atoms with E-state index in [-0.39, 0.29) is 31.0 Å². The first-order valence-corrected chi connectivity index (χ1v) is 8.15. The standard InChI is InChI=1S/C18H28N2O2.ClH/c1-12(2)17-6-5-16(7-13(17)3)22-11-18(21)20-10-15(9-19)8-14(20)4;/h5-7,12,14-15H,8-11,19H2,1-4H3;1H. The topological polar surface area (TPSA) is 55.6 Å². The van der Waals surface area contributed by atoms with E-state index in [1.54, 1.807) is 0 Å². The zero-order chi connectivity index (χ0) is 16.3. The van der Waals surface area contributed by atoms with Crippen LogP contribution < -0.4 is 10.5 Å². The summed E-state index contributed by atoms with van der Waals surface area (Å²) in [6.45, 7) is 10.0. The van der Waals surface area contributed by atoms with Gasteiger partial charge in [0.15, 0.2) is 6.61 Å². The van der Waals surface area contributed by atoms with Gasteiger partial charge in [0.2, 0.25) is 0 Å². The van der Waals surface area contributed by atoms with Crippen LogP contribution in [0, 0.1) is 12.8 Å². The van der Waals surface area contributed by atoms with Crippen molar-refractivity contribution in [2.75, 3.05) is 19.7 Å². The summed E-state index contributed by atoms with van der Waals surface area (Å²) in [5.41, 5.74) is 8.23. The lowest BCUT2D eigenvalue weighted by molar-refractivity contribution is -0.134. The fourth-order valence-corrected chi connectivity index (χ4v) is 3.27. The molecule has 0 saturated carbocycles. The summed E-state index contributed by atoms with van der Waals surface area (Å²) in [6.07, 6.45) is 0.991. The van der Waals surface area contributed by atoms with Gasteiger partial charge in [-0.05, 0) is 61.9 Å². The van der Waals surface area contributed by atoms with Gasteiger partial charge in [-0.1, -0.05) is 19.9 Å². The number of nitrogens with zero attached hydrogens (tertiary/aromatic N) is 1. The van der Waals surface area contributed by atoms with Gasteiger partial charge in [-0.15, -0.1) is 12.4 Å². The maximum absolute atomic E-state index is 12.3. The van der Waals surface area contributed by atoms with E-state index in [0.29, 0.717) is 18.4 Å². The second kappa shape index (κ2) is 8.55. The van der Waals surface area contributed by atoms with Gasteiger partial charge in [0.1, 0.15) is 5.75 Å². The molecule has 1 aliphatic heterocycles. The summed E-state index contributed by atoms with van der Waals surface area (Å²) < 4.78 is 5.69. The molecule has 0 bridgehead atoms. The average molecular weight is 341 g/mol. The van der Waals surface area contributed by atoms with Gasteiger partial charge in [0.05, 0.1) is 0 Å². The molecule has 2 unspecified atom stereocenters. The molecule has 0 radical (unpaired) electrons. The van der Waals surface area contributed by atoms with Crippen molar-refractivity contribution in [2.45, 2.75) is 46.1 Å². The van der Waals surface area contributed by atoms with Gasteiger partial charge in [-0.2, -0.15) is 0 Å². The molecule has 1 saturated heterocycles. The molecule has 0 aliphatic carbocycles. The maximum atomic E-state index is 12.3. The number of nitrogens with two attached hydrogens (primary N) is 1. The predicted octanol–water partition coefficient (Wildman–Crippen LogP) is 3.11. The zero-order valence-electron chi connectivity index (χ0n) is 14.5. The Hall–Kier alpha value is -1.26. The first-order chi connectivity index (χ1) is 10.4. The van der Waals surface area contributed by atoms with E-state index in [4.69, 9.17) is 10.5 Å². The third-order valence-electron chi connectivity index (χ3n) is 4.54. The first-order valence-electron chi connectivity index (χ1n) is 8.15. The first kappa shape index (κ1) is 19.8. The van der Waals surface area contributed by atoms with Gasteiger partial charge in [0, 0.05) is 12.6 Å². The van der Waals surface area contributed by atoms with E-state index in [9.17, 15) is 4.79 Å². The molecular formula is C18H29ClN2O2. The van der Waals surface area contributed by atoms with Crippen molar-refractivity contribution in [3.8, 4) is 5.75 Å². The van der Waals surface area contributed by atoms with Crippen molar-refractivity contribution in [1.29, 1.82) is 0 Å². The number of amides is 1. The number of likely N-dealkylation sites (tertiary alicyclic amines) is 1. The van der Waals surface area contributed by atoms with Crippen molar-refractivity contribution in [3.63, 3.8) is 0 Å². The van der Waals surface area contributed by atoms with Gasteiger partial charge in [0.25, 0.3) is 5.91 Å². The molecule has 130 valence electrons. The number of hydrogen-bond acceptors (Lipinski definition) is 3. The summed E-state index contributed by atoms with van der Waals surface area (Å²) in [4.78, 5) is 14.2. The van der Waals surface area contributed by atoms with Crippen molar-refractivity contribution < 1.29 is 9.53 Å². The monoisotopic (exact) mass is 340 g/mol. The van der Waals surface area contributed by atoms with Crippen molar-refractivity contribution in [2.24, 2.45) is 11.7 Å². The summed E-state index contributed by atoms with van der Waals surface area (Å²) in [7, 11) is 0. The molecule has 2 N–H and O–H groups in total. The van der Waals surface area contributed by atoms with Crippen LogP contribution in [0.1, 0.15) is 44.2 Å². The summed E-state index contributed by atoms with van der Waals surface area (Å²) in [6, 6.07) is 6.31. The molecule has 1 amide bonds. The molecule has 2 rings (SSSR count). The molecule has 5 heteroatoms. The van der Waals surface area contributed by atoms with E-state index in [1.807, 2.05) is 17.0 Å². The van der Waals surface area contributed by atoms with Gasteiger partial charge in [-0.3, -0.25) is 4.79 Å². The van der Waals surface area contributed by atoms with Crippen LogP contribution in [0.3, 0.4) is 0 Å². The van der Waals surface area contributed by atoms with Crippen LogP contribution in [-0.4, -0.2) is 36.5 Å². The molecule has 1 heterocycles. The number of carbonyl (C=O) groups is 1. The van der Waals surface area contributed by atoms with E-state index in [1.165, 1.54) is 11.1 Å². The van der Waals surface area contributed by atoms with Crippen LogP contribution in [-0.2, 0) is 4.79 Å². The molecule has 0 aromatic heterocycles. The Kier molecular flexibility index (Phi) is 7.36. The highest BCUT2D eigenvalue weighted by molar-refractivity contribution is 5.85. The smallest absolute Gasteiger partial charge is 0.260 e. The van der Waals surface area contributed by atoms with E-state index in [2.05, 4.69) is 33.8 Å². The number of benzene rings is 1. The Labute approximate surface area is 145 Å². The molecular weight excluding hydrogens is 312 g/mol. The molecule has 1 fully saturated rings. The van der Waals surface area contributed by atoms with E-state index in [0.717, 1.165) is 18.7 Å². The number of carbonyl (C=O) groups excluding carboxylic acids is 1. The highest BCUT2D eigenvalue weighted by Gasteiger charge is 2.31. The minimum atomic E-state index is 0. The number of aryl methyl sites for hydroxylation is 1. The van der Waals surface area contributed by atoms with Crippen molar-refractivity contribution in [1.82, 2.24) is 4.90 Å². The van der Waals surface area contributed by atoms with Crippen molar-refractivity contribution >= 4 is 18.3 Å². The fourth-order valence-electron chi connectivity index (χ4n) is 3.27. The zero-order valence-corrected chi connectivity index (χ0v) is 15.4. The van der Waals surface area contributed by atoms with Gasteiger partial charge < -0.3 is 15.4 Å². The third kappa shape index (κ3) is 4.85. The second-order valence-electron chi connectivity index (χ2n) is 6.69. The van der Waals surface area contributed by atoms with Crippen molar-refractivity contribution in [3.05, 3.63) is 29.3 Å². The van der Waals surface area contributed by atoms with Crippen LogP contribution in [0.5, 0.6) is 5.75 Å². The minimum absolute atomic E-state index is 0. The molecule has 1 aromatic carbocycles. The Morgan fingerprint density at radius 1 is 1.43 bits per heavy atom. The largest absolute Gasteiger partial charge is 0.484 e. The molecule has 0 spiro atoms.